The van der Waals surface area contributed by atoms with Gasteiger partial charge in [0, 0.05) is 17.6 Å². The Kier molecular flexibility index (Phi) is 10.9. The summed E-state index contributed by atoms with van der Waals surface area (Å²) in [6.07, 6.45) is 5.46. The van der Waals surface area contributed by atoms with Gasteiger partial charge < -0.3 is 15.0 Å². The van der Waals surface area contributed by atoms with E-state index in [-0.39, 0.29) is 23.4 Å². The van der Waals surface area contributed by atoms with Crippen LogP contribution in [0.3, 0.4) is 0 Å². The lowest BCUT2D eigenvalue weighted by atomic mass is 9.95. The number of ether oxygens (including phenoxy) is 1. The third kappa shape index (κ3) is 7.83. The second kappa shape index (κ2) is 14.6. The molecule has 0 saturated heterocycles. The molecule has 1 aliphatic carbocycles. The highest BCUT2D eigenvalue weighted by molar-refractivity contribution is 7.92. The van der Waals surface area contributed by atoms with Crippen LogP contribution in [-0.2, 0) is 26.2 Å². The summed E-state index contributed by atoms with van der Waals surface area (Å²) in [5.41, 5.74) is 1.08. The highest BCUT2D eigenvalue weighted by atomic mass is 35.5. The molecule has 0 aromatic heterocycles. The molecule has 0 spiro atoms. The van der Waals surface area contributed by atoms with Crippen molar-refractivity contribution in [3.05, 3.63) is 89.4 Å². The molecule has 224 valence electrons. The molecule has 2 amide bonds. The van der Waals surface area contributed by atoms with Gasteiger partial charge in [0.25, 0.3) is 10.0 Å². The van der Waals surface area contributed by atoms with Gasteiger partial charge in [-0.15, -0.1) is 0 Å². The average molecular weight is 612 g/mol. The van der Waals surface area contributed by atoms with Crippen LogP contribution in [0.25, 0.3) is 0 Å². The SMILES string of the molecule is CCC(C(=O)NC1CCCCC1)N(Cc1ccc(Cl)cc1)C(=O)CN(c1ccc(OC)cc1)S(=O)(=O)c1ccccc1. The number of benzene rings is 3. The predicted octanol–water partition coefficient (Wildman–Crippen LogP) is 5.80. The van der Waals surface area contributed by atoms with Gasteiger partial charge in [-0.05, 0) is 73.4 Å². The normalized spacial score (nSPS) is 14.5. The Morgan fingerprint density at radius 2 is 1.60 bits per heavy atom. The van der Waals surface area contributed by atoms with Gasteiger partial charge >= 0.3 is 0 Å². The molecule has 0 radical (unpaired) electrons. The van der Waals surface area contributed by atoms with Crippen LogP contribution in [0, 0.1) is 0 Å². The molecule has 1 N–H and O–H groups in total. The van der Waals surface area contributed by atoms with E-state index < -0.39 is 28.5 Å². The van der Waals surface area contributed by atoms with Crippen LogP contribution in [0.1, 0.15) is 51.0 Å². The van der Waals surface area contributed by atoms with Crippen molar-refractivity contribution in [1.29, 1.82) is 0 Å². The first kappa shape index (κ1) is 31.4. The number of hydrogen-bond donors (Lipinski definition) is 1. The molecule has 1 saturated carbocycles. The van der Waals surface area contributed by atoms with Gasteiger partial charge in [-0.25, -0.2) is 8.42 Å². The number of carbonyl (C=O) groups excluding carboxylic acids is 2. The molecule has 1 aliphatic rings. The quantitative estimate of drug-likeness (QED) is 0.279. The highest BCUT2D eigenvalue weighted by Crippen LogP contribution is 2.27. The van der Waals surface area contributed by atoms with E-state index in [0.717, 1.165) is 42.0 Å². The van der Waals surface area contributed by atoms with Crippen molar-refractivity contribution in [3.63, 3.8) is 0 Å². The molecular weight excluding hydrogens is 574 g/mol. The maximum absolute atomic E-state index is 14.2. The first-order valence-electron chi connectivity index (χ1n) is 14.3. The maximum Gasteiger partial charge on any atom is 0.264 e. The molecule has 0 aliphatic heterocycles. The fourth-order valence-corrected chi connectivity index (χ4v) is 6.81. The first-order chi connectivity index (χ1) is 20.2. The first-order valence-corrected chi connectivity index (χ1v) is 16.1. The van der Waals surface area contributed by atoms with Crippen molar-refractivity contribution >= 4 is 39.1 Å². The van der Waals surface area contributed by atoms with Crippen molar-refractivity contribution in [3.8, 4) is 5.75 Å². The molecular formula is C32H38ClN3O5S. The van der Waals surface area contributed by atoms with Gasteiger partial charge in [0.05, 0.1) is 17.7 Å². The van der Waals surface area contributed by atoms with Crippen molar-refractivity contribution < 1.29 is 22.7 Å². The van der Waals surface area contributed by atoms with E-state index in [0.29, 0.717) is 22.9 Å². The minimum Gasteiger partial charge on any atom is -0.497 e. The molecule has 3 aromatic rings. The molecule has 10 heteroatoms. The zero-order valence-electron chi connectivity index (χ0n) is 24.0. The topological polar surface area (TPSA) is 96.0 Å². The molecule has 0 heterocycles. The summed E-state index contributed by atoms with van der Waals surface area (Å²) in [5.74, 6) is -0.170. The number of anilines is 1. The lowest BCUT2D eigenvalue weighted by Gasteiger charge is -2.34. The second-order valence-corrected chi connectivity index (χ2v) is 12.7. The number of methoxy groups -OCH3 is 1. The Bertz CT molecular complexity index is 1430. The summed E-state index contributed by atoms with van der Waals surface area (Å²) in [6.45, 7) is 1.48. The summed E-state index contributed by atoms with van der Waals surface area (Å²) >= 11 is 6.10. The third-order valence-electron chi connectivity index (χ3n) is 7.57. The standard InChI is InChI=1S/C32H38ClN3O5S/c1-3-30(32(38)34-26-10-6-4-7-11-26)35(22-24-14-16-25(33)17-15-24)31(37)23-36(27-18-20-28(41-2)21-19-27)42(39,40)29-12-8-5-9-13-29/h5,8-9,12-21,26,30H,3-4,6-7,10-11,22-23H2,1-2H3,(H,34,38). The van der Waals surface area contributed by atoms with Crippen LogP contribution in [0.2, 0.25) is 5.02 Å². The van der Waals surface area contributed by atoms with Crippen LogP contribution < -0.4 is 14.4 Å². The van der Waals surface area contributed by atoms with Gasteiger partial charge in [0.2, 0.25) is 11.8 Å². The fourth-order valence-electron chi connectivity index (χ4n) is 5.25. The lowest BCUT2D eigenvalue weighted by molar-refractivity contribution is -0.140. The Morgan fingerprint density at radius 1 is 0.952 bits per heavy atom. The number of hydrogen-bond acceptors (Lipinski definition) is 5. The van der Waals surface area contributed by atoms with Crippen molar-refractivity contribution in [2.75, 3.05) is 18.0 Å². The zero-order valence-corrected chi connectivity index (χ0v) is 25.6. The Labute approximate surface area is 253 Å². The van der Waals surface area contributed by atoms with Crippen LogP contribution in [0.15, 0.2) is 83.8 Å². The Balaban J connectivity index is 1.69. The molecule has 0 bridgehead atoms. The van der Waals surface area contributed by atoms with Crippen molar-refractivity contribution in [1.82, 2.24) is 10.2 Å². The summed E-state index contributed by atoms with van der Waals surface area (Å²) in [5, 5.41) is 3.71. The van der Waals surface area contributed by atoms with Gasteiger partial charge in [-0.1, -0.05) is 68.1 Å². The van der Waals surface area contributed by atoms with Gasteiger partial charge in [0.15, 0.2) is 0 Å². The fraction of sp³-hybridized carbons (Fsp3) is 0.375. The Hall–Kier alpha value is -3.56. The average Bonchev–Trinajstić information content (AvgIpc) is 3.01. The molecule has 1 fully saturated rings. The second-order valence-electron chi connectivity index (χ2n) is 10.4. The smallest absolute Gasteiger partial charge is 0.264 e. The van der Waals surface area contributed by atoms with Crippen molar-refractivity contribution in [2.24, 2.45) is 0 Å². The molecule has 8 nitrogen and oxygen atoms in total. The minimum atomic E-state index is -4.13. The van der Waals surface area contributed by atoms with Crippen LogP contribution in [0.4, 0.5) is 5.69 Å². The zero-order chi connectivity index (χ0) is 30.1. The largest absolute Gasteiger partial charge is 0.497 e. The number of nitrogens with zero attached hydrogens (tertiary/aromatic N) is 2. The predicted molar refractivity (Wildman–Crippen MR) is 165 cm³/mol. The van der Waals surface area contributed by atoms with E-state index in [1.165, 1.54) is 24.1 Å². The number of rotatable bonds is 12. The van der Waals surface area contributed by atoms with Gasteiger partial charge in [-0.3, -0.25) is 13.9 Å². The van der Waals surface area contributed by atoms with E-state index in [1.54, 1.807) is 66.7 Å². The summed E-state index contributed by atoms with van der Waals surface area (Å²) < 4.78 is 34.2. The highest BCUT2D eigenvalue weighted by Gasteiger charge is 2.34. The molecule has 1 unspecified atom stereocenters. The van der Waals surface area contributed by atoms with E-state index in [2.05, 4.69) is 5.32 Å². The number of amides is 2. The molecule has 42 heavy (non-hydrogen) atoms. The Morgan fingerprint density at radius 3 is 2.19 bits per heavy atom. The number of carbonyl (C=O) groups is 2. The van der Waals surface area contributed by atoms with Crippen LogP contribution in [0.5, 0.6) is 5.75 Å². The minimum absolute atomic E-state index is 0.0555. The number of sulfonamides is 1. The van der Waals surface area contributed by atoms with E-state index in [9.17, 15) is 18.0 Å². The van der Waals surface area contributed by atoms with Gasteiger partial charge in [-0.2, -0.15) is 0 Å². The third-order valence-corrected chi connectivity index (χ3v) is 9.61. The number of halogens is 1. The maximum atomic E-state index is 14.2. The summed E-state index contributed by atoms with van der Waals surface area (Å²) in [7, 11) is -2.61. The monoisotopic (exact) mass is 611 g/mol. The summed E-state index contributed by atoms with van der Waals surface area (Å²) in [6, 6.07) is 20.8. The molecule has 1 atom stereocenters. The van der Waals surface area contributed by atoms with E-state index >= 15 is 0 Å². The van der Waals surface area contributed by atoms with E-state index in [4.69, 9.17) is 16.3 Å². The molecule has 4 rings (SSSR count). The van der Waals surface area contributed by atoms with E-state index in [1.807, 2.05) is 6.92 Å². The van der Waals surface area contributed by atoms with Gasteiger partial charge in [0.1, 0.15) is 18.3 Å². The van der Waals surface area contributed by atoms with Crippen molar-refractivity contribution in [2.45, 2.75) is 69.0 Å². The van der Waals surface area contributed by atoms with Crippen LogP contribution in [-0.4, -0.2) is 50.9 Å². The molecule has 3 aromatic carbocycles. The number of nitrogens with one attached hydrogen (secondary N) is 1. The van der Waals surface area contributed by atoms with Crippen LogP contribution >= 0.6 is 11.6 Å². The lowest BCUT2D eigenvalue weighted by Crippen LogP contribution is -2.54. The summed E-state index contributed by atoms with van der Waals surface area (Å²) in [4.78, 5) is 29.3.